The van der Waals surface area contributed by atoms with Crippen molar-refractivity contribution >= 4 is 11.8 Å². The highest BCUT2D eigenvalue weighted by molar-refractivity contribution is 5.86. The maximum absolute atomic E-state index is 13.0. The maximum atomic E-state index is 13.0. The van der Waals surface area contributed by atoms with Gasteiger partial charge in [-0.05, 0) is 24.1 Å². The average Bonchev–Trinajstić information content (AvgIpc) is 2.46. The van der Waals surface area contributed by atoms with E-state index in [2.05, 4.69) is 20.0 Å². The summed E-state index contributed by atoms with van der Waals surface area (Å²) < 4.78 is 30.5. The summed E-state index contributed by atoms with van der Waals surface area (Å²) in [5.74, 6) is -1.32. The van der Waals surface area contributed by atoms with Crippen LogP contribution in [0.5, 0.6) is 0 Å². The first-order valence-corrected chi connectivity index (χ1v) is 6.17. The van der Waals surface area contributed by atoms with Crippen LogP contribution in [0.25, 0.3) is 0 Å². The molecular formula is C14H13F2N3O2. The number of methoxy groups -OCH3 is 1. The molecule has 0 aliphatic carbocycles. The standard InChI is InChI=1S/C14H13F2N3O2/c1-21-14(20)12-7-19-13(8-18-12)17-3-2-9-4-10(15)6-11(16)5-9/h4-8H,2-3H2,1H3,(H,17,19). The van der Waals surface area contributed by atoms with Gasteiger partial charge in [0.25, 0.3) is 0 Å². The predicted octanol–water partition coefficient (Wildman–Crippen LogP) is 2.20. The van der Waals surface area contributed by atoms with Gasteiger partial charge < -0.3 is 10.1 Å². The van der Waals surface area contributed by atoms with Crippen molar-refractivity contribution in [3.05, 3.63) is 53.5 Å². The Balaban J connectivity index is 1.90. The minimum atomic E-state index is -0.604. The predicted molar refractivity (Wildman–Crippen MR) is 71.9 cm³/mol. The second-order valence-corrected chi connectivity index (χ2v) is 4.23. The number of halogens is 2. The van der Waals surface area contributed by atoms with E-state index in [1.54, 1.807) is 0 Å². The maximum Gasteiger partial charge on any atom is 0.358 e. The minimum Gasteiger partial charge on any atom is -0.464 e. The van der Waals surface area contributed by atoms with Gasteiger partial charge in [0.1, 0.15) is 17.5 Å². The number of carbonyl (C=O) groups excluding carboxylic acids is 1. The minimum absolute atomic E-state index is 0.107. The number of nitrogens with one attached hydrogen (secondary N) is 1. The first-order chi connectivity index (χ1) is 10.1. The molecule has 5 nitrogen and oxygen atoms in total. The molecule has 1 aromatic carbocycles. The van der Waals surface area contributed by atoms with Gasteiger partial charge in [-0.25, -0.2) is 23.5 Å². The van der Waals surface area contributed by atoms with Crippen LogP contribution in [0, 0.1) is 11.6 Å². The number of ether oxygens (including phenoxy) is 1. The zero-order chi connectivity index (χ0) is 15.2. The van der Waals surface area contributed by atoms with Crippen molar-refractivity contribution in [1.29, 1.82) is 0 Å². The molecule has 1 aromatic heterocycles. The van der Waals surface area contributed by atoms with Crippen molar-refractivity contribution < 1.29 is 18.3 Å². The summed E-state index contributed by atoms with van der Waals surface area (Å²) in [6.45, 7) is 0.426. The van der Waals surface area contributed by atoms with Gasteiger partial charge in [0, 0.05) is 12.6 Å². The summed E-state index contributed by atoms with van der Waals surface area (Å²) in [6, 6.07) is 3.38. The molecule has 7 heteroatoms. The Bertz CT molecular complexity index is 612. The van der Waals surface area contributed by atoms with Crippen molar-refractivity contribution in [2.24, 2.45) is 0 Å². The van der Waals surface area contributed by atoms with Crippen LogP contribution in [-0.2, 0) is 11.2 Å². The number of nitrogens with zero attached hydrogens (tertiary/aromatic N) is 2. The lowest BCUT2D eigenvalue weighted by Gasteiger charge is -2.06. The second kappa shape index (κ2) is 6.74. The third-order valence-corrected chi connectivity index (χ3v) is 2.69. The van der Waals surface area contributed by atoms with E-state index in [1.807, 2.05) is 0 Å². The molecule has 0 saturated carbocycles. The molecule has 0 atom stereocenters. The molecule has 2 rings (SSSR count). The van der Waals surface area contributed by atoms with Crippen LogP contribution in [0.2, 0.25) is 0 Å². The normalized spacial score (nSPS) is 10.2. The number of aromatic nitrogens is 2. The summed E-state index contributed by atoms with van der Waals surface area (Å²) in [5, 5.41) is 2.95. The molecule has 0 aliphatic rings. The highest BCUT2D eigenvalue weighted by Gasteiger charge is 2.07. The zero-order valence-electron chi connectivity index (χ0n) is 11.3. The number of carbonyl (C=O) groups is 1. The fraction of sp³-hybridized carbons (Fsp3) is 0.214. The van der Waals surface area contributed by atoms with Crippen molar-refractivity contribution in [2.45, 2.75) is 6.42 Å². The highest BCUT2D eigenvalue weighted by atomic mass is 19.1. The van der Waals surface area contributed by atoms with Gasteiger partial charge in [0.2, 0.25) is 0 Å². The fourth-order valence-electron chi connectivity index (χ4n) is 1.72. The Labute approximate surface area is 120 Å². The highest BCUT2D eigenvalue weighted by Crippen LogP contribution is 2.09. The topological polar surface area (TPSA) is 64.1 Å². The smallest absolute Gasteiger partial charge is 0.358 e. The molecule has 0 bridgehead atoms. The van der Waals surface area contributed by atoms with Gasteiger partial charge in [-0.1, -0.05) is 0 Å². The quantitative estimate of drug-likeness (QED) is 0.856. The van der Waals surface area contributed by atoms with Gasteiger partial charge >= 0.3 is 5.97 Å². The number of benzene rings is 1. The van der Waals surface area contributed by atoms with E-state index in [1.165, 1.54) is 31.6 Å². The Kier molecular flexibility index (Phi) is 4.76. The molecule has 0 fully saturated rings. The van der Waals surface area contributed by atoms with Crippen LogP contribution in [0.15, 0.2) is 30.6 Å². The van der Waals surface area contributed by atoms with E-state index in [9.17, 15) is 13.6 Å². The second-order valence-electron chi connectivity index (χ2n) is 4.23. The Morgan fingerprint density at radius 3 is 2.48 bits per heavy atom. The van der Waals surface area contributed by atoms with Gasteiger partial charge in [-0.15, -0.1) is 0 Å². The molecule has 0 amide bonds. The molecule has 21 heavy (non-hydrogen) atoms. The summed E-state index contributed by atoms with van der Waals surface area (Å²) in [5.41, 5.74) is 0.648. The third kappa shape index (κ3) is 4.20. The van der Waals surface area contributed by atoms with E-state index in [0.29, 0.717) is 24.3 Å². The van der Waals surface area contributed by atoms with Gasteiger partial charge in [-0.2, -0.15) is 0 Å². The lowest BCUT2D eigenvalue weighted by Crippen LogP contribution is -2.09. The fourth-order valence-corrected chi connectivity index (χ4v) is 1.72. The molecule has 1 heterocycles. The monoisotopic (exact) mass is 293 g/mol. The Morgan fingerprint density at radius 1 is 1.19 bits per heavy atom. The summed E-state index contributed by atoms with van der Waals surface area (Å²) in [6.07, 6.45) is 3.10. The van der Waals surface area contributed by atoms with E-state index in [4.69, 9.17) is 0 Å². The number of esters is 1. The zero-order valence-corrected chi connectivity index (χ0v) is 11.3. The van der Waals surface area contributed by atoms with Crippen LogP contribution in [0.1, 0.15) is 16.1 Å². The van der Waals surface area contributed by atoms with E-state index < -0.39 is 17.6 Å². The van der Waals surface area contributed by atoms with Crippen LogP contribution in [0.4, 0.5) is 14.6 Å². The number of hydrogen-bond acceptors (Lipinski definition) is 5. The van der Waals surface area contributed by atoms with Gasteiger partial charge in [-0.3, -0.25) is 0 Å². The lowest BCUT2D eigenvalue weighted by molar-refractivity contribution is 0.0593. The van der Waals surface area contributed by atoms with Gasteiger partial charge in [0.05, 0.1) is 19.5 Å². The first kappa shape index (κ1) is 14.8. The molecule has 110 valence electrons. The molecule has 0 aliphatic heterocycles. The van der Waals surface area contributed by atoms with Crippen molar-refractivity contribution in [1.82, 2.24) is 9.97 Å². The molecule has 0 spiro atoms. The molecule has 0 unspecified atom stereocenters. The van der Waals surface area contributed by atoms with E-state index in [-0.39, 0.29) is 5.69 Å². The Morgan fingerprint density at radius 2 is 1.90 bits per heavy atom. The number of anilines is 1. The summed E-state index contributed by atoms with van der Waals surface area (Å²) >= 11 is 0. The number of hydrogen-bond donors (Lipinski definition) is 1. The van der Waals surface area contributed by atoms with Crippen LogP contribution in [0.3, 0.4) is 0 Å². The first-order valence-electron chi connectivity index (χ1n) is 6.17. The van der Waals surface area contributed by atoms with Crippen molar-refractivity contribution in [2.75, 3.05) is 19.0 Å². The summed E-state index contributed by atoms with van der Waals surface area (Å²) in [7, 11) is 1.26. The van der Waals surface area contributed by atoms with Crippen LogP contribution in [-0.4, -0.2) is 29.6 Å². The largest absolute Gasteiger partial charge is 0.464 e. The van der Waals surface area contributed by atoms with Gasteiger partial charge in [0.15, 0.2) is 5.69 Å². The molecule has 1 N–H and O–H groups in total. The Hall–Kier alpha value is -2.57. The SMILES string of the molecule is COC(=O)c1cnc(NCCc2cc(F)cc(F)c2)cn1. The lowest BCUT2D eigenvalue weighted by atomic mass is 10.1. The van der Waals surface area contributed by atoms with Crippen molar-refractivity contribution in [3.8, 4) is 0 Å². The average molecular weight is 293 g/mol. The molecule has 2 aromatic rings. The molecular weight excluding hydrogens is 280 g/mol. The number of rotatable bonds is 5. The van der Waals surface area contributed by atoms with Crippen LogP contribution >= 0.6 is 0 Å². The molecule has 0 radical (unpaired) electrons. The van der Waals surface area contributed by atoms with Crippen LogP contribution < -0.4 is 5.32 Å². The third-order valence-electron chi connectivity index (χ3n) is 2.69. The van der Waals surface area contributed by atoms with Crippen molar-refractivity contribution in [3.63, 3.8) is 0 Å². The summed E-state index contributed by atoms with van der Waals surface area (Å²) in [4.78, 5) is 19.0. The van der Waals surface area contributed by atoms with E-state index >= 15 is 0 Å². The van der Waals surface area contributed by atoms with E-state index in [0.717, 1.165) is 6.07 Å². The molecule has 0 saturated heterocycles.